The number of aryl methyl sites for hydroxylation is 2. The Labute approximate surface area is 147 Å². The first kappa shape index (κ1) is 14.4. The van der Waals surface area contributed by atoms with E-state index in [0.717, 1.165) is 24.1 Å². The molecule has 2 aromatic carbocycles. The smallest absolute Gasteiger partial charge is 0.408 e. The van der Waals surface area contributed by atoms with Crippen molar-refractivity contribution in [3.05, 3.63) is 85.8 Å². The van der Waals surface area contributed by atoms with E-state index in [1.807, 2.05) is 23.7 Å². The Bertz CT molecular complexity index is 1180. The fraction of sp³-hybridized carbons (Fsp3) is 0.100. The van der Waals surface area contributed by atoms with Crippen molar-refractivity contribution in [1.29, 1.82) is 0 Å². The molecule has 0 unspecified atom stereocenters. The van der Waals surface area contributed by atoms with Crippen molar-refractivity contribution in [3.8, 4) is 0 Å². The summed E-state index contributed by atoms with van der Waals surface area (Å²) in [5.74, 6) is -0.427. The van der Waals surface area contributed by atoms with Crippen LogP contribution in [0.3, 0.4) is 0 Å². The highest BCUT2D eigenvalue weighted by atomic mass is 32.1. The molecule has 0 atom stereocenters. The van der Waals surface area contributed by atoms with Crippen molar-refractivity contribution in [2.45, 2.75) is 12.8 Å². The summed E-state index contributed by atoms with van der Waals surface area (Å²) in [5.41, 5.74) is 9.18. The third-order valence-electron chi connectivity index (χ3n) is 4.58. The van der Waals surface area contributed by atoms with Gasteiger partial charge in [0.15, 0.2) is 5.58 Å². The first-order valence-corrected chi connectivity index (χ1v) is 9.01. The molecule has 0 saturated heterocycles. The molecule has 122 valence electrons. The van der Waals surface area contributed by atoms with Gasteiger partial charge in [0.05, 0.1) is 21.6 Å². The summed E-state index contributed by atoms with van der Waals surface area (Å²) in [4.78, 5) is 19.9. The highest BCUT2D eigenvalue weighted by Crippen LogP contribution is 2.36. The number of oxazole rings is 1. The maximum atomic E-state index is 11.4. The average molecular weight is 346 g/mol. The molecular weight excluding hydrogens is 332 g/mol. The molecule has 0 fully saturated rings. The van der Waals surface area contributed by atoms with Gasteiger partial charge >= 0.3 is 5.76 Å². The predicted octanol–water partition coefficient (Wildman–Crippen LogP) is 4.27. The lowest BCUT2D eigenvalue weighted by Crippen LogP contribution is -1.93. The summed E-state index contributed by atoms with van der Waals surface area (Å²) in [5, 5.41) is 0. The van der Waals surface area contributed by atoms with Gasteiger partial charge in [-0.05, 0) is 47.7 Å². The van der Waals surface area contributed by atoms with Gasteiger partial charge in [-0.3, -0.25) is 4.98 Å². The second-order valence-corrected chi connectivity index (χ2v) is 6.97. The monoisotopic (exact) mass is 346 g/mol. The minimum Gasteiger partial charge on any atom is -0.408 e. The largest absolute Gasteiger partial charge is 0.417 e. The maximum Gasteiger partial charge on any atom is 0.417 e. The van der Waals surface area contributed by atoms with Gasteiger partial charge in [0.1, 0.15) is 0 Å². The van der Waals surface area contributed by atoms with Gasteiger partial charge in [-0.25, -0.2) is 9.78 Å². The minimum absolute atomic E-state index is 0.427. The number of aromatic amines is 1. The second-order valence-electron chi connectivity index (χ2n) is 6.11. The van der Waals surface area contributed by atoms with Crippen molar-refractivity contribution < 1.29 is 4.42 Å². The third-order valence-corrected chi connectivity index (χ3v) is 5.48. The lowest BCUT2D eigenvalue weighted by molar-refractivity contribution is 0.555. The zero-order chi connectivity index (χ0) is 16.8. The molecule has 4 nitrogen and oxygen atoms in total. The highest BCUT2D eigenvalue weighted by molar-refractivity contribution is 7.11. The summed E-state index contributed by atoms with van der Waals surface area (Å²) < 4.78 is 5.09. The van der Waals surface area contributed by atoms with Gasteiger partial charge in [-0.15, -0.1) is 11.3 Å². The Balaban J connectivity index is 1.74. The molecule has 5 heteroatoms. The summed E-state index contributed by atoms with van der Waals surface area (Å²) in [6, 6.07) is 14.3. The second kappa shape index (κ2) is 5.57. The molecule has 1 aliphatic carbocycles. The van der Waals surface area contributed by atoms with E-state index in [1.54, 1.807) is 11.3 Å². The first-order chi connectivity index (χ1) is 12.3. The summed E-state index contributed by atoms with van der Waals surface area (Å²) in [6.45, 7) is 0. The Kier molecular flexibility index (Phi) is 3.21. The molecule has 0 amide bonds. The van der Waals surface area contributed by atoms with Crippen molar-refractivity contribution in [2.24, 2.45) is 0 Å². The molecule has 0 radical (unpaired) electrons. The fourth-order valence-corrected chi connectivity index (χ4v) is 4.28. The van der Waals surface area contributed by atoms with Crippen molar-refractivity contribution in [1.82, 2.24) is 9.97 Å². The van der Waals surface area contributed by atoms with Gasteiger partial charge < -0.3 is 4.42 Å². The van der Waals surface area contributed by atoms with Crippen LogP contribution in [0, 0.1) is 0 Å². The van der Waals surface area contributed by atoms with Crippen LogP contribution in [0.1, 0.15) is 27.3 Å². The number of hydrogen-bond donors (Lipinski definition) is 1. The van der Waals surface area contributed by atoms with Gasteiger partial charge in [0.2, 0.25) is 0 Å². The maximum absolute atomic E-state index is 11.4. The van der Waals surface area contributed by atoms with E-state index in [9.17, 15) is 4.79 Å². The topological polar surface area (TPSA) is 58.9 Å². The molecule has 4 aromatic rings. The number of aromatic nitrogens is 2. The van der Waals surface area contributed by atoms with Gasteiger partial charge in [0.25, 0.3) is 0 Å². The third kappa shape index (κ3) is 2.44. The Morgan fingerprint density at radius 3 is 3.04 bits per heavy atom. The zero-order valence-electron chi connectivity index (χ0n) is 13.3. The van der Waals surface area contributed by atoms with E-state index in [4.69, 9.17) is 4.42 Å². The number of thiazole rings is 1. The normalized spacial score (nSPS) is 15.1. The number of fused-ring (bicyclic) bond motifs is 3. The molecule has 1 aliphatic rings. The molecule has 0 spiro atoms. The van der Waals surface area contributed by atoms with Crippen LogP contribution in [0.2, 0.25) is 0 Å². The van der Waals surface area contributed by atoms with Crippen LogP contribution in [0.5, 0.6) is 0 Å². The molecule has 0 bridgehead atoms. The zero-order valence-corrected chi connectivity index (χ0v) is 14.1. The van der Waals surface area contributed by atoms with Crippen LogP contribution in [-0.2, 0) is 12.8 Å². The summed E-state index contributed by atoms with van der Waals surface area (Å²) >= 11 is 1.68. The van der Waals surface area contributed by atoms with E-state index in [-0.39, 0.29) is 0 Å². The number of nitrogens with one attached hydrogen (secondary N) is 1. The van der Waals surface area contributed by atoms with Gasteiger partial charge in [0, 0.05) is 5.57 Å². The summed E-state index contributed by atoms with van der Waals surface area (Å²) in [6.07, 6.45) is 4.13. The van der Waals surface area contributed by atoms with Crippen LogP contribution in [0.15, 0.2) is 57.2 Å². The van der Waals surface area contributed by atoms with Crippen molar-refractivity contribution >= 4 is 34.1 Å². The number of hydrogen-bond acceptors (Lipinski definition) is 4. The number of nitrogens with zero attached hydrogens (tertiary/aromatic N) is 1. The molecule has 0 aliphatic heterocycles. The number of benzene rings is 2. The van der Waals surface area contributed by atoms with Crippen molar-refractivity contribution in [3.63, 3.8) is 0 Å². The van der Waals surface area contributed by atoms with E-state index in [2.05, 4.69) is 40.3 Å². The van der Waals surface area contributed by atoms with E-state index >= 15 is 0 Å². The Morgan fingerprint density at radius 1 is 1.16 bits per heavy atom. The SMILES string of the molecule is O=c1[nH]c2cc(C=C3c4ccccc4CCc4ncsc43)ccc2o1. The van der Waals surface area contributed by atoms with Crippen molar-refractivity contribution in [2.75, 3.05) is 0 Å². The quantitative estimate of drug-likeness (QED) is 0.560. The van der Waals surface area contributed by atoms with E-state index in [1.165, 1.54) is 21.6 Å². The lowest BCUT2D eigenvalue weighted by atomic mass is 9.97. The first-order valence-electron chi connectivity index (χ1n) is 8.13. The van der Waals surface area contributed by atoms with Gasteiger partial charge in [-0.1, -0.05) is 30.3 Å². The molecule has 1 N–H and O–H groups in total. The average Bonchev–Trinajstić information content (AvgIpc) is 3.20. The van der Waals surface area contributed by atoms with E-state index < -0.39 is 5.76 Å². The van der Waals surface area contributed by atoms with E-state index in [0.29, 0.717) is 11.1 Å². The highest BCUT2D eigenvalue weighted by Gasteiger charge is 2.20. The molecule has 0 saturated carbocycles. The Morgan fingerprint density at radius 2 is 2.08 bits per heavy atom. The molecule has 2 aromatic heterocycles. The van der Waals surface area contributed by atoms with Crippen LogP contribution in [0.25, 0.3) is 22.7 Å². The minimum atomic E-state index is -0.427. The lowest BCUT2D eigenvalue weighted by Gasteiger charge is -2.09. The van der Waals surface area contributed by atoms with Crippen LogP contribution in [-0.4, -0.2) is 9.97 Å². The standard InChI is InChI=1S/C20H14N2O2S/c23-20-22-17-10-12(5-8-18(17)24-20)9-15-14-4-2-1-3-13(14)6-7-16-19(15)25-11-21-16/h1-5,8-11H,6-7H2,(H,22,23). The summed E-state index contributed by atoms with van der Waals surface area (Å²) in [7, 11) is 0. The molecule has 5 rings (SSSR count). The van der Waals surface area contributed by atoms with Crippen LogP contribution in [0.4, 0.5) is 0 Å². The number of rotatable bonds is 1. The van der Waals surface area contributed by atoms with Crippen LogP contribution >= 0.6 is 11.3 Å². The molecule has 2 heterocycles. The van der Waals surface area contributed by atoms with Crippen LogP contribution < -0.4 is 5.76 Å². The molecule has 25 heavy (non-hydrogen) atoms. The molecular formula is C20H14N2O2S. The predicted molar refractivity (Wildman–Crippen MR) is 99.8 cm³/mol. The van der Waals surface area contributed by atoms with Gasteiger partial charge in [-0.2, -0.15) is 0 Å². The number of H-pyrrole nitrogens is 1. The Hall–Kier alpha value is -2.92. The fourth-order valence-electron chi connectivity index (χ4n) is 3.41.